The van der Waals surface area contributed by atoms with Crippen LogP contribution in [-0.4, -0.2) is 57.1 Å². The standard InChI is InChI=1S/C39H40N4O6S/c44-29-40-37-25-32(11-20-39(37)49-28-31-9-5-2-6-10-31)38(45)27-42(26-30-7-3-1-4-8-30)35-16-12-33(13-17-35)41-34-14-18-36(19-15-34)50(46,47)43-21-23-48-24-22-43/h1-20,25,29,38,41,45H,21-24,26-28H2,(H,40,44)/t38-/m0/s1. The van der Waals surface area contributed by atoms with Gasteiger partial charge in [-0.25, -0.2) is 8.42 Å². The molecule has 1 aliphatic rings. The van der Waals surface area contributed by atoms with Crippen LogP contribution in [0.1, 0.15) is 22.8 Å². The molecule has 3 N–H and O–H groups in total. The first-order valence-corrected chi connectivity index (χ1v) is 17.9. The number of ether oxygens (including phenoxy) is 2. The molecule has 10 nitrogen and oxygen atoms in total. The number of aliphatic hydroxyl groups is 1. The number of morpholine rings is 1. The second kappa shape index (κ2) is 16.5. The number of hydrogen-bond donors (Lipinski definition) is 3. The molecule has 1 atom stereocenters. The van der Waals surface area contributed by atoms with Gasteiger partial charge in [0.2, 0.25) is 16.4 Å². The van der Waals surface area contributed by atoms with E-state index in [1.54, 1.807) is 36.4 Å². The molecule has 0 aromatic heterocycles. The molecular formula is C39H40N4O6S. The smallest absolute Gasteiger partial charge is 0.243 e. The van der Waals surface area contributed by atoms with Gasteiger partial charge in [0.1, 0.15) is 12.4 Å². The monoisotopic (exact) mass is 692 g/mol. The fourth-order valence-electron chi connectivity index (χ4n) is 5.74. The molecule has 1 heterocycles. The minimum atomic E-state index is -3.57. The van der Waals surface area contributed by atoms with Crippen molar-refractivity contribution < 1.29 is 27.8 Å². The van der Waals surface area contributed by atoms with Crippen LogP contribution in [0.5, 0.6) is 5.75 Å². The van der Waals surface area contributed by atoms with E-state index in [0.29, 0.717) is 62.9 Å². The third-order valence-electron chi connectivity index (χ3n) is 8.43. The number of carbonyl (C=O) groups excluding carboxylic acids is 1. The highest BCUT2D eigenvalue weighted by molar-refractivity contribution is 7.89. The Hall–Kier alpha value is -5.20. The van der Waals surface area contributed by atoms with Crippen molar-refractivity contribution >= 4 is 39.2 Å². The van der Waals surface area contributed by atoms with Crippen molar-refractivity contribution in [3.05, 3.63) is 144 Å². The van der Waals surface area contributed by atoms with Crippen molar-refractivity contribution in [2.24, 2.45) is 0 Å². The van der Waals surface area contributed by atoms with Crippen molar-refractivity contribution in [1.29, 1.82) is 0 Å². The fraction of sp³-hybridized carbons (Fsp3) is 0.205. The van der Waals surface area contributed by atoms with E-state index in [4.69, 9.17) is 9.47 Å². The predicted molar refractivity (Wildman–Crippen MR) is 195 cm³/mol. The number of nitrogens with one attached hydrogen (secondary N) is 2. The lowest BCUT2D eigenvalue weighted by Gasteiger charge is -2.28. The van der Waals surface area contributed by atoms with Crippen LogP contribution in [0.25, 0.3) is 0 Å². The first-order chi connectivity index (χ1) is 24.4. The lowest BCUT2D eigenvalue weighted by atomic mass is 10.1. The summed E-state index contributed by atoms with van der Waals surface area (Å²) < 4.78 is 38.7. The molecular weight excluding hydrogens is 653 g/mol. The number of anilines is 4. The summed E-state index contributed by atoms with van der Waals surface area (Å²) in [4.78, 5) is 13.8. The number of amides is 1. The number of sulfonamides is 1. The van der Waals surface area contributed by atoms with Gasteiger partial charge in [0.15, 0.2) is 0 Å². The SMILES string of the molecule is O=CNc1cc([C@@H](O)CN(Cc2ccccc2)c2ccc(Nc3ccc(S(=O)(=O)N4CCOCC4)cc3)cc2)ccc1OCc1ccccc1. The first kappa shape index (κ1) is 34.7. The van der Waals surface area contributed by atoms with Gasteiger partial charge in [-0.05, 0) is 77.4 Å². The van der Waals surface area contributed by atoms with Crippen LogP contribution in [0.2, 0.25) is 0 Å². The minimum Gasteiger partial charge on any atom is -0.487 e. The third-order valence-corrected chi connectivity index (χ3v) is 10.3. The van der Waals surface area contributed by atoms with Gasteiger partial charge >= 0.3 is 0 Å². The summed E-state index contributed by atoms with van der Waals surface area (Å²) in [6.45, 7) is 2.67. The highest BCUT2D eigenvalue weighted by atomic mass is 32.2. The summed E-state index contributed by atoms with van der Waals surface area (Å²) in [5, 5.41) is 17.5. The van der Waals surface area contributed by atoms with E-state index < -0.39 is 16.1 Å². The molecule has 0 unspecified atom stereocenters. The van der Waals surface area contributed by atoms with E-state index in [9.17, 15) is 18.3 Å². The van der Waals surface area contributed by atoms with Gasteiger partial charge in [-0.15, -0.1) is 0 Å². The Morgan fingerprint density at radius 2 is 1.44 bits per heavy atom. The average Bonchev–Trinajstić information content (AvgIpc) is 3.16. The normalized spacial score (nSPS) is 14.0. The number of aliphatic hydroxyl groups excluding tert-OH is 1. The maximum absolute atomic E-state index is 13.0. The summed E-state index contributed by atoms with van der Waals surface area (Å²) in [6.07, 6.45) is -0.279. The molecule has 6 rings (SSSR count). The Kier molecular flexibility index (Phi) is 11.4. The van der Waals surface area contributed by atoms with Gasteiger partial charge in [0.25, 0.3) is 0 Å². The Labute approximate surface area is 293 Å². The Balaban J connectivity index is 1.15. The summed E-state index contributed by atoms with van der Waals surface area (Å²) >= 11 is 0. The summed E-state index contributed by atoms with van der Waals surface area (Å²) in [5.74, 6) is 0.509. The lowest BCUT2D eigenvalue weighted by molar-refractivity contribution is -0.105. The highest BCUT2D eigenvalue weighted by Crippen LogP contribution is 2.31. The van der Waals surface area contributed by atoms with Crippen molar-refractivity contribution in [3.8, 4) is 5.75 Å². The van der Waals surface area contributed by atoms with Gasteiger partial charge in [-0.3, -0.25) is 4.79 Å². The minimum absolute atomic E-state index is 0.249. The molecule has 5 aromatic carbocycles. The highest BCUT2D eigenvalue weighted by Gasteiger charge is 2.26. The quantitative estimate of drug-likeness (QED) is 0.109. The molecule has 1 aliphatic heterocycles. The molecule has 50 heavy (non-hydrogen) atoms. The molecule has 0 bridgehead atoms. The number of nitrogens with zero attached hydrogens (tertiary/aromatic N) is 2. The molecule has 11 heteroatoms. The van der Waals surface area contributed by atoms with E-state index in [0.717, 1.165) is 28.2 Å². The number of benzene rings is 5. The maximum Gasteiger partial charge on any atom is 0.243 e. The molecule has 1 fully saturated rings. The van der Waals surface area contributed by atoms with Crippen LogP contribution < -0.4 is 20.3 Å². The van der Waals surface area contributed by atoms with Gasteiger partial charge in [-0.2, -0.15) is 4.31 Å². The van der Waals surface area contributed by atoms with Crippen molar-refractivity contribution in [3.63, 3.8) is 0 Å². The van der Waals surface area contributed by atoms with E-state index in [1.165, 1.54) is 4.31 Å². The molecule has 0 aliphatic carbocycles. The largest absolute Gasteiger partial charge is 0.487 e. The molecule has 0 saturated carbocycles. The van der Waals surface area contributed by atoms with Crippen LogP contribution >= 0.6 is 0 Å². The average molecular weight is 693 g/mol. The summed E-state index contributed by atoms with van der Waals surface area (Å²) in [6, 6.07) is 39.7. The van der Waals surface area contributed by atoms with Gasteiger partial charge in [0, 0.05) is 43.2 Å². The molecule has 0 radical (unpaired) electrons. The number of carbonyl (C=O) groups is 1. The van der Waals surface area contributed by atoms with E-state index in [2.05, 4.69) is 15.5 Å². The summed E-state index contributed by atoms with van der Waals surface area (Å²) in [7, 11) is -3.57. The zero-order valence-corrected chi connectivity index (χ0v) is 28.3. The lowest BCUT2D eigenvalue weighted by Crippen LogP contribution is -2.40. The van der Waals surface area contributed by atoms with Crippen LogP contribution in [0, 0.1) is 0 Å². The van der Waals surface area contributed by atoms with E-state index in [-0.39, 0.29) is 11.4 Å². The maximum atomic E-state index is 13.0. The van der Waals surface area contributed by atoms with Crippen molar-refractivity contribution in [2.75, 3.05) is 48.4 Å². The molecule has 1 saturated heterocycles. The zero-order chi connectivity index (χ0) is 34.8. The second-order valence-electron chi connectivity index (χ2n) is 11.9. The van der Waals surface area contributed by atoms with E-state index >= 15 is 0 Å². The first-order valence-electron chi connectivity index (χ1n) is 16.4. The van der Waals surface area contributed by atoms with Crippen LogP contribution in [-0.2, 0) is 32.7 Å². The van der Waals surface area contributed by atoms with Gasteiger partial charge < -0.3 is 30.1 Å². The fourth-order valence-corrected chi connectivity index (χ4v) is 7.15. The third kappa shape index (κ3) is 8.87. The predicted octanol–water partition coefficient (Wildman–Crippen LogP) is 6.34. The summed E-state index contributed by atoms with van der Waals surface area (Å²) in [5.41, 5.74) is 5.68. The molecule has 258 valence electrons. The van der Waals surface area contributed by atoms with Crippen LogP contribution in [0.15, 0.2) is 132 Å². The Morgan fingerprint density at radius 1 is 0.820 bits per heavy atom. The van der Waals surface area contributed by atoms with Gasteiger partial charge in [-0.1, -0.05) is 66.7 Å². The zero-order valence-electron chi connectivity index (χ0n) is 27.5. The molecule has 1 amide bonds. The van der Waals surface area contributed by atoms with Crippen molar-refractivity contribution in [2.45, 2.75) is 24.2 Å². The van der Waals surface area contributed by atoms with E-state index in [1.807, 2.05) is 91.0 Å². The molecule has 0 spiro atoms. The topological polar surface area (TPSA) is 120 Å². The van der Waals surface area contributed by atoms with Crippen molar-refractivity contribution in [1.82, 2.24) is 4.31 Å². The van der Waals surface area contributed by atoms with Gasteiger partial charge in [0.05, 0.1) is 29.9 Å². The number of hydrogen-bond acceptors (Lipinski definition) is 8. The van der Waals surface area contributed by atoms with Crippen LogP contribution in [0.4, 0.5) is 22.7 Å². The Morgan fingerprint density at radius 3 is 2.08 bits per heavy atom. The molecule has 5 aromatic rings. The Bertz CT molecular complexity index is 1940. The van der Waals surface area contributed by atoms with Crippen LogP contribution in [0.3, 0.4) is 0 Å². The number of rotatable bonds is 15. The second-order valence-corrected chi connectivity index (χ2v) is 13.8.